The number of halogens is 1. The molecule has 3 heterocycles. The minimum Gasteiger partial charge on any atom is -0.363 e. The number of nitrogens with zero attached hydrogens (tertiary/aromatic N) is 5. The summed E-state index contributed by atoms with van der Waals surface area (Å²) in [5.41, 5.74) is 1.36. The molecule has 8 nitrogen and oxygen atoms in total. The molecule has 1 N–H and O–H groups in total. The van der Waals surface area contributed by atoms with Crippen LogP contribution in [0.4, 0.5) is 5.82 Å². The van der Waals surface area contributed by atoms with E-state index in [0.717, 1.165) is 23.9 Å². The van der Waals surface area contributed by atoms with Crippen LogP contribution >= 0.6 is 23.4 Å². The average Bonchev–Trinajstić information content (AvgIpc) is 3.41. The van der Waals surface area contributed by atoms with E-state index >= 15 is 0 Å². The Kier molecular flexibility index (Phi) is 6.29. The first kappa shape index (κ1) is 20.4. The molecular weight excluding hydrogens is 424 g/mol. The molecule has 1 aromatic carbocycles. The number of unbranched alkanes of at least 4 members (excludes halogenated alkanes) is 1. The summed E-state index contributed by atoms with van der Waals surface area (Å²) < 4.78 is 6.47. The number of fused-ring (bicyclic) bond motifs is 1. The third-order valence-electron chi connectivity index (χ3n) is 4.47. The molecule has 4 rings (SSSR count). The maximum Gasteiger partial charge on any atom is 0.239 e. The van der Waals surface area contributed by atoms with Gasteiger partial charge in [0.1, 0.15) is 17.6 Å². The summed E-state index contributed by atoms with van der Waals surface area (Å²) in [7, 11) is 0. The number of rotatable bonds is 8. The predicted octanol–water partition coefficient (Wildman–Crippen LogP) is 4.75. The number of carbonyl (C=O) groups excluding carboxylic acids is 1. The largest absolute Gasteiger partial charge is 0.363 e. The number of benzene rings is 1. The van der Waals surface area contributed by atoms with Gasteiger partial charge in [0.05, 0.1) is 27.5 Å². The number of aromatic nitrogens is 5. The number of nitrogens with one attached hydrogen (secondary N) is 1. The molecule has 0 fully saturated rings. The zero-order valence-corrected chi connectivity index (χ0v) is 17.7. The van der Waals surface area contributed by atoms with E-state index in [-0.39, 0.29) is 11.2 Å². The molecule has 4 aromatic rings. The Morgan fingerprint density at radius 3 is 2.93 bits per heavy atom. The molecule has 0 aliphatic carbocycles. The summed E-state index contributed by atoms with van der Waals surface area (Å²) in [4.78, 5) is 21.6. The fourth-order valence-corrected chi connectivity index (χ4v) is 4.28. The number of hydrogen-bond donors (Lipinski definition) is 1. The summed E-state index contributed by atoms with van der Waals surface area (Å²) in [6.45, 7) is 2.09. The van der Waals surface area contributed by atoms with Crippen LogP contribution < -0.4 is 5.32 Å². The van der Waals surface area contributed by atoms with Gasteiger partial charge in [0, 0.05) is 6.07 Å². The smallest absolute Gasteiger partial charge is 0.239 e. The monoisotopic (exact) mass is 442 g/mol. The lowest BCUT2D eigenvalue weighted by Gasteiger charge is -2.15. The third kappa shape index (κ3) is 4.31. The standard InChI is InChI=1S/C20H19ClN6O2S/c1-2-3-8-16(19(28)25-17-9-10-29-26-17)30-20-13-11-24-27(18(13)22-12-23-20)15-7-5-4-6-14(15)21/h4-7,9-12,16H,2-3,8H2,1H3,(H,25,26,28). The van der Waals surface area contributed by atoms with Crippen molar-refractivity contribution < 1.29 is 9.32 Å². The van der Waals surface area contributed by atoms with Gasteiger partial charge in [-0.2, -0.15) is 5.10 Å². The Bertz CT molecular complexity index is 1150. The number of thioether (sulfide) groups is 1. The van der Waals surface area contributed by atoms with E-state index in [4.69, 9.17) is 16.1 Å². The molecule has 10 heteroatoms. The van der Waals surface area contributed by atoms with E-state index in [9.17, 15) is 4.79 Å². The number of anilines is 1. The van der Waals surface area contributed by atoms with Gasteiger partial charge in [0.25, 0.3) is 0 Å². The third-order valence-corrected chi connectivity index (χ3v) is 6.07. The van der Waals surface area contributed by atoms with Crippen molar-refractivity contribution in [3.8, 4) is 5.69 Å². The second kappa shape index (κ2) is 9.27. The first-order valence-corrected chi connectivity index (χ1v) is 10.7. The van der Waals surface area contributed by atoms with Crippen molar-refractivity contribution in [1.82, 2.24) is 24.9 Å². The van der Waals surface area contributed by atoms with E-state index in [0.29, 0.717) is 27.9 Å². The highest BCUT2D eigenvalue weighted by Gasteiger charge is 2.23. The van der Waals surface area contributed by atoms with Crippen LogP contribution in [0.15, 0.2) is 58.7 Å². The molecule has 1 amide bonds. The van der Waals surface area contributed by atoms with Crippen molar-refractivity contribution in [1.29, 1.82) is 0 Å². The molecule has 0 saturated carbocycles. The van der Waals surface area contributed by atoms with E-state index in [1.165, 1.54) is 24.4 Å². The molecule has 30 heavy (non-hydrogen) atoms. The van der Waals surface area contributed by atoms with Crippen LogP contribution in [0.5, 0.6) is 0 Å². The van der Waals surface area contributed by atoms with E-state index in [2.05, 4.69) is 32.5 Å². The Morgan fingerprint density at radius 1 is 1.30 bits per heavy atom. The lowest BCUT2D eigenvalue weighted by atomic mass is 10.2. The molecule has 3 aromatic heterocycles. The summed E-state index contributed by atoms with van der Waals surface area (Å²) >= 11 is 7.72. The molecule has 0 aliphatic heterocycles. The van der Waals surface area contributed by atoms with Crippen molar-refractivity contribution in [2.75, 3.05) is 5.32 Å². The zero-order valence-electron chi connectivity index (χ0n) is 16.2. The van der Waals surface area contributed by atoms with E-state index < -0.39 is 0 Å². The summed E-state index contributed by atoms with van der Waals surface area (Å²) in [6, 6.07) is 9.03. The highest BCUT2D eigenvalue weighted by molar-refractivity contribution is 8.00. The molecule has 0 aliphatic rings. The SMILES string of the molecule is CCCCC(Sc1ncnc2c1cnn2-c1ccccc1Cl)C(=O)Nc1ccon1. The van der Waals surface area contributed by atoms with Gasteiger partial charge in [0.15, 0.2) is 11.5 Å². The van der Waals surface area contributed by atoms with Crippen LogP contribution in [-0.2, 0) is 4.79 Å². The zero-order chi connectivity index (χ0) is 20.9. The van der Waals surface area contributed by atoms with Crippen molar-refractivity contribution in [3.05, 3.63) is 54.1 Å². The van der Waals surface area contributed by atoms with Crippen LogP contribution in [0.1, 0.15) is 26.2 Å². The maximum absolute atomic E-state index is 12.8. The molecule has 0 spiro atoms. The Labute approximate surface area is 182 Å². The average molecular weight is 443 g/mol. The highest BCUT2D eigenvalue weighted by Crippen LogP contribution is 2.32. The summed E-state index contributed by atoms with van der Waals surface area (Å²) in [6.07, 6.45) is 7.20. The molecule has 1 unspecified atom stereocenters. The van der Waals surface area contributed by atoms with Gasteiger partial charge in [-0.15, -0.1) is 0 Å². The minimum atomic E-state index is -0.344. The predicted molar refractivity (Wildman–Crippen MR) is 116 cm³/mol. The quantitative estimate of drug-likeness (QED) is 0.310. The topological polar surface area (TPSA) is 98.7 Å². The number of para-hydroxylation sites is 1. The Balaban J connectivity index is 1.64. The second-order valence-corrected chi connectivity index (χ2v) is 8.15. The number of carbonyl (C=O) groups is 1. The van der Waals surface area contributed by atoms with Crippen LogP contribution in [-0.4, -0.2) is 36.1 Å². The van der Waals surface area contributed by atoms with Gasteiger partial charge in [-0.1, -0.05) is 60.4 Å². The Hall–Kier alpha value is -2.91. The van der Waals surface area contributed by atoms with Gasteiger partial charge in [-0.25, -0.2) is 14.6 Å². The van der Waals surface area contributed by atoms with E-state index in [1.54, 1.807) is 23.0 Å². The van der Waals surface area contributed by atoms with Gasteiger partial charge in [0.2, 0.25) is 5.91 Å². The fraction of sp³-hybridized carbons (Fsp3) is 0.250. The molecule has 0 radical (unpaired) electrons. The lowest BCUT2D eigenvalue weighted by molar-refractivity contribution is -0.115. The maximum atomic E-state index is 12.8. The van der Waals surface area contributed by atoms with Gasteiger partial charge in [-0.3, -0.25) is 4.79 Å². The molecule has 1 atom stereocenters. The van der Waals surface area contributed by atoms with E-state index in [1.807, 2.05) is 18.2 Å². The fourth-order valence-electron chi connectivity index (χ4n) is 2.97. The van der Waals surface area contributed by atoms with Crippen LogP contribution in [0.25, 0.3) is 16.7 Å². The highest BCUT2D eigenvalue weighted by atomic mass is 35.5. The molecular formula is C20H19ClN6O2S. The second-order valence-electron chi connectivity index (χ2n) is 6.55. The van der Waals surface area contributed by atoms with Crippen molar-refractivity contribution in [2.24, 2.45) is 0 Å². The first-order valence-electron chi connectivity index (χ1n) is 9.49. The molecule has 0 bridgehead atoms. The molecule has 0 saturated heterocycles. The minimum absolute atomic E-state index is 0.146. The van der Waals surface area contributed by atoms with Gasteiger partial charge >= 0.3 is 0 Å². The van der Waals surface area contributed by atoms with Crippen LogP contribution in [0.2, 0.25) is 5.02 Å². The molecule has 154 valence electrons. The van der Waals surface area contributed by atoms with Crippen LogP contribution in [0.3, 0.4) is 0 Å². The van der Waals surface area contributed by atoms with Crippen LogP contribution in [0, 0.1) is 0 Å². The number of hydrogen-bond acceptors (Lipinski definition) is 7. The summed E-state index contributed by atoms with van der Waals surface area (Å²) in [5.74, 6) is 0.245. The first-order chi connectivity index (χ1) is 14.7. The Morgan fingerprint density at radius 2 is 2.17 bits per heavy atom. The number of amides is 1. The van der Waals surface area contributed by atoms with Gasteiger partial charge < -0.3 is 9.84 Å². The summed E-state index contributed by atoms with van der Waals surface area (Å²) in [5, 5.41) is 12.7. The van der Waals surface area contributed by atoms with Crippen molar-refractivity contribution in [2.45, 2.75) is 36.5 Å². The normalized spacial score (nSPS) is 12.2. The lowest BCUT2D eigenvalue weighted by Crippen LogP contribution is -2.25. The van der Waals surface area contributed by atoms with Crippen molar-refractivity contribution >= 4 is 46.1 Å². The van der Waals surface area contributed by atoms with Gasteiger partial charge in [-0.05, 0) is 18.6 Å². The van der Waals surface area contributed by atoms with Crippen molar-refractivity contribution in [3.63, 3.8) is 0 Å².